The zero-order chi connectivity index (χ0) is 55.8. The summed E-state index contributed by atoms with van der Waals surface area (Å²) in [4.78, 5) is 140. The van der Waals surface area contributed by atoms with Crippen LogP contribution in [0.5, 0.6) is 5.75 Å². The molecule has 0 aliphatic carbocycles. The first kappa shape index (κ1) is 63.3. The van der Waals surface area contributed by atoms with Crippen molar-refractivity contribution in [3.8, 4) is 5.75 Å². The smallest absolute Gasteiger partial charge is 0.326 e. The van der Waals surface area contributed by atoms with Gasteiger partial charge in [0.1, 0.15) is 60.1 Å². The van der Waals surface area contributed by atoms with Crippen molar-refractivity contribution in [2.24, 2.45) is 23.5 Å². The molecule has 0 fully saturated rings. The number of carbonyl (C=O) groups is 10. The number of aromatic nitrogens is 2. The highest BCUT2D eigenvalue weighted by molar-refractivity contribution is 7.98. The molecule has 412 valence electrons. The fraction of sp³-hybridized carbons (Fsp3) is 0.604. The van der Waals surface area contributed by atoms with Gasteiger partial charge in [-0.25, -0.2) is 9.78 Å². The number of nitrogens with zero attached hydrogens (tertiary/aromatic N) is 1. The number of aliphatic hydroxyl groups excluding tert-OH is 1. The maximum Gasteiger partial charge on any atom is 0.326 e. The molecule has 1 aromatic heterocycles. The lowest BCUT2D eigenvalue weighted by Gasteiger charge is -2.29. The molecule has 0 aliphatic heterocycles. The Kier molecular flexibility index (Phi) is 27.1. The predicted molar refractivity (Wildman–Crippen MR) is 273 cm³/mol. The van der Waals surface area contributed by atoms with E-state index in [0.29, 0.717) is 23.4 Å². The highest BCUT2D eigenvalue weighted by atomic mass is 32.2. The van der Waals surface area contributed by atoms with Crippen molar-refractivity contribution in [2.75, 3.05) is 25.2 Å². The van der Waals surface area contributed by atoms with Gasteiger partial charge in [-0.05, 0) is 74.1 Å². The van der Waals surface area contributed by atoms with Gasteiger partial charge in [0, 0.05) is 24.7 Å². The second-order valence-corrected chi connectivity index (χ2v) is 19.7. The minimum Gasteiger partial charge on any atom is -0.508 e. The molecule has 0 saturated carbocycles. The Labute approximate surface area is 435 Å². The molecule has 0 bridgehead atoms. The van der Waals surface area contributed by atoms with Crippen LogP contribution in [0.3, 0.4) is 0 Å². The molecule has 1 heterocycles. The van der Waals surface area contributed by atoms with Crippen LogP contribution in [0.15, 0.2) is 36.8 Å². The number of carbonyl (C=O) groups excluding carboxylic acids is 9. The van der Waals surface area contributed by atoms with Crippen LogP contribution in [0, 0.1) is 17.8 Å². The normalized spacial score (nSPS) is 15.3. The van der Waals surface area contributed by atoms with E-state index in [2.05, 4.69) is 57.8 Å². The Morgan fingerprint density at radius 3 is 1.65 bits per heavy atom. The van der Waals surface area contributed by atoms with Gasteiger partial charge in [0.15, 0.2) is 0 Å². The Bertz CT molecular complexity index is 2200. The molecule has 15 N–H and O–H groups in total. The maximum absolute atomic E-state index is 13.9. The number of carboxylic acid groups (broad SMARTS) is 1. The van der Waals surface area contributed by atoms with E-state index in [9.17, 15) is 63.3 Å². The number of aliphatic hydroxyl groups is 1. The molecule has 2 rings (SSSR count). The minimum absolute atomic E-state index is 0.0465. The molecule has 1 aromatic carbocycles. The maximum atomic E-state index is 13.9. The predicted octanol–water partition coefficient (Wildman–Crippen LogP) is -2.16. The van der Waals surface area contributed by atoms with E-state index in [1.54, 1.807) is 41.5 Å². The number of rotatable bonds is 32. The molecular formula is C48H76N12O13S. The van der Waals surface area contributed by atoms with E-state index in [-0.39, 0.29) is 43.9 Å². The number of H-pyrrole nitrogens is 1. The first-order chi connectivity index (χ1) is 34.8. The number of imidazole rings is 1. The van der Waals surface area contributed by atoms with Crippen LogP contribution in [-0.4, -0.2) is 164 Å². The number of aromatic amines is 1. The zero-order valence-electron chi connectivity index (χ0n) is 43.4. The van der Waals surface area contributed by atoms with Crippen LogP contribution < -0.4 is 53.6 Å². The van der Waals surface area contributed by atoms with E-state index >= 15 is 0 Å². The summed E-state index contributed by atoms with van der Waals surface area (Å²) >= 11 is 1.46. The summed E-state index contributed by atoms with van der Waals surface area (Å²) in [5.74, 6) is -9.16. The van der Waals surface area contributed by atoms with Crippen molar-refractivity contribution in [3.05, 3.63) is 48.0 Å². The lowest BCUT2D eigenvalue weighted by Crippen LogP contribution is -2.61. The average Bonchev–Trinajstić information content (AvgIpc) is 3.87. The summed E-state index contributed by atoms with van der Waals surface area (Å²) in [6, 6.07) is -6.01. The second kappa shape index (κ2) is 31.7. The Hall–Kier alpha value is -6.80. The van der Waals surface area contributed by atoms with Crippen molar-refractivity contribution in [1.82, 2.24) is 57.8 Å². The molecule has 0 saturated heterocycles. The summed E-state index contributed by atoms with van der Waals surface area (Å²) in [6.07, 6.45) is 4.87. The lowest BCUT2D eigenvalue weighted by molar-refractivity contribution is -0.142. The number of thioether (sulfide) groups is 1. The van der Waals surface area contributed by atoms with Crippen LogP contribution in [0.4, 0.5) is 0 Å². The van der Waals surface area contributed by atoms with Crippen LogP contribution in [-0.2, 0) is 60.8 Å². The van der Waals surface area contributed by atoms with Gasteiger partial charge in [-0.1, -0.05) is 60.1 Å². The molecule has 26 heteroatoms. The fourth-order valence-electron chi connectivity index (χ4n) is 7.17. The Balaban J connectivity index is 2.19. The van der Waals surface area contributed by atoms with Gasteiger partial charge in [-0.15, -0.1) is 0 Å². The first-order valence-electron chi connectivity index (χ1n) is 24.4. The number of phenols is 1. The number of hydrogen-bond acceptors (Lipinski definition) is 15. The molecule has 2 aromatic rings. The average molecular weight is 1060 g/mol. The van der Waals surface area contributed by atoms with Crippen molar-refractivity contribution in [3.63, 3.8) is 0 Å². The van der Waals surface area contributed by atoms with Crippen molar-refractivity contribution in [1.29, 1.82) is 0 Å². The van der Waals surface area contributed by atoms with Gasteiger partial charge in [0.2, 0.25) is 53.2 Å². The van der Waals surface area contributed by atoms with Crippen LogP contribution in [0.2, 0.25) is 0 Å². The third-order valence-electron chi connectivity index (χ3n) is 11.8. The summed E-state index contributed by atoms with van der Waals surface area (Å²) in [5.41, 5.74) is 6.26. The fourth-order valence-corrected chi connectivity index (χ4v) is 7.64. The van der Waals surface area contributed by atoms with Crippen molar-refractivity contribution < 1.29 is 63.3 Å². The highest BCUT2D eigenvalue weighted by Crippen LogP contribution is 2.14. The topological polar surface area (TPSA) is 394 Å². The molecule has 9 amide bonds. The third-order valence-corrected chi connectivity index (χ3v) is 12.4. The standard InChI is InChI=1S/C48H76N12O13S/c1-10-26(6)39(47(71)58-36(22-61)45(69)55-34(19-30-21-50-23-51-30)44(68)57-35(48(72)73)18-29-11-13-31(62)14-12-29)60-41(65)28(8)53-43(67)33(17-24(2)3)56-46(70)38(25(4)5)59-40(64)27(7)52-42(66)32(15-16-74-9)54-37(63)20-49/h11-14,21,23-28,32-36,38-39,61-62H,10,15-20,22,49H2,1-9H3,(H,50,51)(H,52,66)(H,53,67)(H,54,63)(H,55,69)(H,56,70)(H,57,68)(H,58,71)(H,59,64)(H,60,65)(H,72,73)/t26-,27-,28-,32-,33-,34-,35-,36-,38-,39-/m0/s1. The number of benzene rings is 1. The molecule has 74 heavy (non-hydrogen) atoms. The molecule has 0 radical (unpaired) electrons. The van der Waals surface area contributed by atoms with Gasteiger partial charge < -0.3 is 73.9 Å². The quantitative estimate of drug-likeness (QED) is 0.0371. The van der Waals surface area contributed by atoms with E-state index in [4.69, 9.17) is 5.73 Å². The van der Waals surface area contributed by atoms with Gasteiger partial charge >= 0.3 is 5.97 Å². The molecular weight excluding hydrogens is 985 g/mol. The number of aromatic hydroxyl groups is 1. The SMILES string of the molecule is CC[C@H](C)[C@H](NC(=O)[C@H](C)NC(=O)[C@H](CC(C)C)NC(=O)[C@@H](NC(=O)[C@H](C)NC(=O)[C@H](CCSC)NC(=O)CN)C(C)C)C(=O)N[C@@H](CO)C(=O)N[C@@H](Cc1cnc[nH]1)C(=O)N[C@@H](Cc1ccc(O)cc1)C(=O)O. The van der Waals surface area contributed by atoms with Crippen LogP contribution in [0.1, 0.15) is 85.9 Å². The Morgan fingerprint density at radius 1 is 0.635 bits per heavy atom. The van der Waals surface area contributed by atoms with Gasteiger partial charge in [-0.3, -0.25) is 43.2 Å². The summed E-state index contributed by atoms with van der Waals surface area (Å²) in [7, 11) is 0. The van der Waals surface area contributed by atoms with E-state index < -0.39 is 132 Å². The number of phenolic OH excluding ortho intramolecular Hbond substituents is 1. The van der Waals surface area contributed by atoms with Gasteiger partial charge in [0.25, 0.3) is 0 Å². The monoisotopic (exact) mass is 1060 g/mol. The van der Waals surface area contributed by atoms with Gasteiger partial charge in [0.05, 0.1) is 19.5 Å². The van der Waals surface area contributed by atoms with Crippen LogP contribution in [0.25, 0.3) is 0 Å². The number of nitrogens with one attached hydrogen (secondary N) is 10. The molecule has 25 nitrogen and oxygen atoms in total. The molecule has 0 aliphatic rings. The van der Waals surface area contributed by atoms with E-state index in [1.807, 2.05) is 6.26 Å². The number of nitrogens with two attached hydrogens (primary N) is 1. The largest absolute Gasteiger partial charge is 0.508 e. The van der Waals surface area contributed by atoms with E-state index in [1.165, 1.54) is 62.4 Å². The lowest BCUT2D eigenvalue weighted by atomic mass is 9.97. The highest BCUT2D eigenvalue weighted by Gasteiger charge is 2.36. The van der Waals surface area contributed by atoms with Crippen molar-refractivity contribution in [2.45, 2.75) is 142 Å². The number of carboxylic acids is 1. The van der Waals surface area contributed by atoms with E-state index in [0.717, 1.165) is 0 Å². The molecule has 10 atom stereocenters. The zero-order valence-corrected chi connectivity index (χ0v) is 44.2. The number of hydrogen-bond donors (Lipinski definition) is 14. The second-order valence-electron chi connectivity index (χ2n) is 18.7. The minimum atomic E-state index is -1.67. The summed E-state index contributed by atoms with van der Waals surface area (Å²) in [5, 5.41) is 52.7. The number of amides is 9. The Morgan fingerprint density at radius 2 is 1.15 bits per heavy atom. The summed E-state index contributed by atoms with van der Waals surface area (Å²) in [6.45, 7) is 11.8. The van der Waals surface area contributed by atoms with Gasteiger partial charge in [-0.2, -0.15) is 11.8 Å². The number of aliphatic carboxylic acids is 1. The molecule has 0 spiro atoms. The molecule has 0 unspecified atom stereocenters. The first-order valence-corrected chi connectivity index (χ1v) is 25.7. The van der Waals surface area contributed by atoms with Crippen LogP contribution >= 0.6 is 11.8 Å². The van der Waals surface area contributed by atoms with Crippen molar-refractivity contribution >= 4 is 70.9 Å². The third kappa shape index (κ3) is 21.3. The summed E-state index contributed by atoms with van der Waals surface area (Å²) < 4.78 is 0.